The molecule has 1 aliphatic carbocycles. The summed E-state index contributed by atoms with van der Waals surface area (Å²) >= 11 is 2.14. The third-order valence-electron chi connectivity index (χ3n) is 5.24. The average molecular weight is 270 g/mol. The smallest absolute Gasteiger partial charge is 0.0357 e. The lowest BCUT2D eigenvalue weighted by molar-refractivity contribution is 0.0172. The van der Waals surface area contributed by atoms with E-state index in [1.54, 1.807) is 0 Å². The molecule has 0 bridgehead atoms. The molecule has 1 aliphatic heterocycles. The van der Waals surface area contributed by atoms with Crippen molar-refractivity contribution in [2.75, 3.05) is 25.4 Å². The van der Waals surface area contributed by atoms with Gasteiger partial charge in [0.2, 0.25) is 0 Å². The summed E-state index contributed by atoms with van der Waals surface area (Å²) in [5.74, 6) is 2.03. The monoisotopic (exact) mass is 270 g/mol. The molecule has 2 N–H and O–H groups in total. The molecule has 2 rings (SSSR count). The van der Waals surface area contributed by atoms with Crippen LogP contribution in [0.3, 0.4) is 0 Å². The Labute approximate surface area is 117 Å². The Bertz CT molecular complexity index is 280. The van der Waals surface area contributed by atoms with Crippen LogP contribution in [0.2, 0.25) is 0 Å². The van der Waals surface area contributed by atoms with Crippen LogP contribution in [0.1, 0.15) is 52.9 Å². The van der Waals surface area contributed by atoms with Crippen LogP contribution in [0.4, 0.5) is 0 Å². The molecule has 0 spiro atoms. The number of rotatable bonds is 2. The summed E-state index contributed by atoms with van der Waals surface area (Å²) < 4.78 is 0.447. The molecule has 0 aromatic rings. The van der Waals surface area contributed by atoms with Crippen molar-refractivity contribution >= 4 is 11.8 Å². The van der Waals surface area contributed by atoms with Gasteiger partial charge in [-0.25, -0.2) is 0 Å². The summed E-state index contributed by atoms with van der Waals surface area (Å²) in [7, 11) is 0. The number of nitrogens with zero attached hydrogens (tertiary/aromatic N) is 1. The fourth-order valence-electron chi connectivity index (χ4n) is 3.76. The summed E-state index contributed by atoms with van der Waals surface area (Å²) in [5, 5.41) is 0. The zero-order valence-corrected chi connectivity index (χ0v) is 13.2. The molecule has 0 aromatic carbocycles. The normalized spacial score (nSPS) is 38.3. The molecule has 0 aromatic heterocycles. The first-order chi connectivity index (χ1) is 8.50. The van der Waals surface area contributed by atoms with Crippen LogP contribution in [-0.4, -0.2) is 40.6 Å². The van der Waals surface area contributed by atoms with Gasteiger partial charge in [-0.15, -0.1) is 0 Å². The van der Waals surface area contributed by atoms with Gasteiger partial charge in [0.05, 0.1) is 0 Å². The lowest BCUT2D eigenvalue weighted by atomic mass is 9.72. The summed E-state index contributed by atoms with van der Waals surface area (Å²) in [6.45, 7) is 10.5. The van der Waals surface area contributed by atoms with Crippen molar-refractivity contribution < 1.29 is 0 Å². The second-order valence-corrected chi connectivity index (χ2v) is 8.60. The quantitative estimate of drug-likeness (QED) is 0.836. The third kappa shape index (κ3) is 2.88. The minimum atomic E-state index is 0.305. The number of hydrogen-bond acceptors (Lipinski definition) is 3. The highest BCUT2D eigenvalue weighted by molar-refractivity contribution is 8.00. The maximum Gasteiger partial charge on any atom is 0.0357 e. The molecule has 2 atom stereocenters. The van der Waals surface area contributed by atoms with Gasteiger partial charge in [-0.2, -0.15) is 11.8 Å². The molecule has 2 nitrogen and oxygen atoms in total. The van der Waals surface area contributed by atoms with Gasteiger partial charge < -0.3 is 5.73 Å². The predicted octanol–water partition coefficient (Wildman–Crippen LogP) is 3.11. The van der Waals surface area contributed by atoms with Crippen molar-refractivity contribution in [3.05, 3.63) is 0 Å². The predicted molar refractivity (Wildman–Crippen MR) is 82.1 cm³/mol. The number of thioether (sulfide) groups is 1. The Morgan fingerprint density at radius 3 is 2.67 bits per heavy atom. The Kier molecular flexibility index (Phi) is 4.66. The standard InChI is InChI=1S/C15H30N2S/c1-13-6-4-5-7-15(13,12-16)17-9-8-14(2,3)18-11-10-17/h13H,4-12,16H2,1-3H3. The van der Waals surface area contributed by atoms with Crippen LogP contribution < -0.4 is 5.73 Å². The first kappa shape index (κ1) is 14.7. The summed E-state index contributed by atoms with van der Waals surface area (Å²) in [6, 6.07) is 0. The van der Waals surface area contributed by atoms with Gasteiger partial charge in [0.25, 0.3) is 0 Å². The molecular formula is C15H30N2S. The van der Waals surface area contributed by atoms with Crippen molar-refractivity contribution in [3.63, 3.8) is 0 Å². The largest absolute Gasteiger partial charge is 0.329 e. The van der Waals surface area contributed by atoms with Gasteiger partial charge in [0.1, 0.15) is 0 Å². The first-order valence-corrected chi connectivity index (χ1v) is 8.58. The second-order valence-electron chi connectivity index (χ2n) is 6.80. The van der Waals surface area contributed by atoms with Gasteiger partial charge in [0, 0.05) is 35.7 Å². The highest BCUT2D eigenvalue weighted by atomic mass is 32.2. The molecule has 2 unspecified atom stereocenters. The van der Waals surface area contributed by atoms with E-state index in [9.17, 15) is 0 Å². The van der Waals surface area contributed by atoms with E-state index in [0.717, 1.165) is 12.5 Å². The maximum absolute atomic E-state index is 6.23. The highest BCUT2D eigenvalue weighted by Crippen LogP contribution is 2.40. The second kappa shape index (κ2) is 5.72. The van der Waals surface area contributed by atoms with Crippen LogP contribution in [0.5, 0.6) is 0 Å². The fourth-order valence-corrected chi connectivity index (χ4v) is 4.86. The van der Waals surface area contributed by atoms with Crippen molar-refractivity contribution in [3.8, 4) is 0 Å². The Balaban J connectivity index is 2.12. The van der Waals surface area contributed by atoms with Crippen LogP contribution in [-0.2, 0) is 0 Å². The van der Waals surface area contributed by atoms with E-state index >= 15 is 0 Å². The lowest BCUT2D eigenvalue weighted by Crippen LogP contribution is -2.59. The van der Waals surface area contributed by atoms with Gasteiger partial charge in [-0.1, -0.05) is 33.6 Å². The summed E-state index contributed by atoms with van der Waals surface area (Å²) in [6.07, 6.45) is 6.75. The van der Waals surface area contributed by atoms with Crippen LogP contribution >= 0.6 is 11.8 Å². The molecule has 106 valence electrons. The van der Waals surface area contributed by atoms with Crippen LogP contribution in [0, 0.1) is 5.92 Å². The number of hydrogen-bond donors (Lipinski definition) is 1. The molecule has 0 amide bonds. The zero-order valence-electron chi connectivity index (χ0n) is 12.4. The number of nitrogens with two attached hydrogens (primary N) is 1. The molecule has 2 fully saturated rings. The Hall–Kier alpha value is 0.270. The molecular weight excluding hydrogens is 240 g/mol. The summed E-state index contributed by atoms with van der Waals surface area (Å²) in [5.41, 5.74) is 6.53. The summed E-state index contributed by atoms with van der Waals surface area (Å²) in [4.78, 5) is 2.75. The van der Waals surface area contributed by atoms with Crippen molar-refractivity contribution in [2.24, 2.45) is 11.7 Å². The van der Waals surface area contributed by atoms with E-state index in [1.807, 2.05) is 0 Å². The van der Waals surface area contributed by atoms with E-state index in [1.165, 1.54) is 50.9 Å². The van der Waals surface area contributed by atoms with E-state index in [2.05, 4.69) is 37.4 Å². The minimum Gasteiger partial charge on any atom is -0.329 e. The molecule has 1 saturated heterocycles. The van der Waals surface area contributed by atoms with E-state index in [0.29, 0.717) is 10.3 Å². The third-order valence-corrected chi connectivity index (χ3v) is 6.61. The van der Waals surface area contributed by atoms with Gasteiger partial charge in [-0.05, 0) is 25.2 Å². The fraction of sp³-hybridized carbons (Fsp3) is 1.00. The minimum absolute atomic E-state index is 0.305. The van der Waals surface area contributed by atoms with Crippen molar-refractivity contribution in [1.82, 2.24) is 4.90 Å². The van der Waals surface area contributed by atoms with E-state index in [4.69, 9.17) is 5.73 Å². The molecule has 2 aliphatic rings. The lowest BCUT2D eigenvalue weighted by Gasteiger charge is -2.50. The highest BCUT2D eigenvalue weighted by Gasteiger charge is 2.43. The van der Waals surface area contributed by atoms with Gasteiger partial charge >= 0.3 is 0 Å². The molecule has 1 heterocycles. The SMILES string of the molecule is CC1CCCCC1(CN)N1CCSC(C)(C)CC1. The average Bonchev–Trinajstić information content (AvgIpc) is 2.52. The van der Waals surface area contributed by atoms with Crippen molar-refractivity contribution in [2.45, 2.75) is 63.2 Å². The molecule has 18 heavy (non-hydrogen) atoms. The molecule has 3 heteroatoms. The van der Waals surface area contributed by atoms with Gasteiger partial charge in [-0.3, -0.25) is 4.90 Å². The van der Waals surface area contributed by atoms with Crippen LogP contribution in [0.25, 0.3) is 0 Å². The molecule has 1 saturated carbocycles. The zero-order chi connectivity index (χ0) is 13.2. The Morgan fingerprint density at radius 2 is 2.00 bits per heavy atom. The molecule has 0 radical (unpaired) electrons. The van der Waals surface area contributed by atoms with Crippen molar-refractivity contribution in [1.29, 1.82) is 0 Å². The van der Waals surface area contributed by atoms with Gasteiger partial charge in [0.15, 0.2) is 0 Å². The maximum atomic E-state index is 6.23. The van der Waals surface area contributed by atoms with Crippen LogP contribution in [0.15, 0.2) is 0 Å². The van der Waals surface area contributed by atoms with E-state index in [-0.39, 0.29) is 0 Å². The first-order valence-electron chi connectivity index (χ1n) is 7.59. The topological polar surface area (TPSA) is 29.3 Å². The van der Waals surface area contributed by atoms with E-state index < -0.39 is 0 Å². The Morgan fingerprint density at radius 1 is 1.22 bits per heavy atom.